The lowest BCUT2D eigenvalue weighted by Gasteiger charge is -2.37. The smallest absolute Gasteiger partial charge is 0.410 e. The van der Waals surface area contributed by atoms with E-state index in [9.17, 15) is 9.59 Å². The molecule has 5 rings (SSSR count). The molecule has 1 N–H and O–H groups in total. The number of carbonyl (C=O) groups excluding carboxylic acids is 2. The summed E-state index contributed by atoms with van der Waals surface area (Å²) < 4.78 is 5.33. The minimum absolute atomic E-state index is 0.0410. The lowest BCUT2D eigenvalue weighted by atomic mass is 9.83. The molecule has 0 saturated heterocycles. The maximum atomic E-state index is 13.4. The van der Waals surface area contributed by atoms with Crippen molar-refractivity contribution >= 4 is 34.4 Å². The normalized spacial score (nSPS) is 18.1. The van der Waals surface area contributed by atoms with Gasteiger partial charge in [-0.3, -0.25) is 9.69 Å². The number of nitrogens with one attached hydrogen (secondary N) is 1. The average molecular weight is 421 g/mol. The van der Waals surface area contributed by atoms with Gasteiger partial charge in [0.25, 0.3) is 0 Å². The second-order valence-electron chi connectivity index (χ2n) is 7.60. The van der Waals surface area contributed by atoms with Crippen molar-refractivity contribution in [3.8, 4) is 0 Å². The molecule has 30 heavy (non-hydrogen) atoms. The third-order valence-electron chi connectivity index (χ3n) is 5.95. The van der Waals surface area contributed by atoms with Gasteiger partial charge < -0.3 is 9.72 Å². The summed E-state index contributed by atoms with van der Waals surface area (Å²) in [6, 6.07) is 12.8. The number of benzene rings is 2. The van der Waals surface area contributed by atoms with Gasteiger partial charge in [0.1, 0.15) is 6.04 Å². The molecular weight excluding hydrogens is 400 g/mol. The molecule has 1 aromatic heterocycles. The van der Waals surface area contributed by atoms with Crippen molar-refractivity contribution in [2.75, 3.05) is 13.2 Å². The lowest BCUT2D eigenvalue weighted by Crippen LogP contribution is -2.42. The molecule has 2 aliphatic rings. The summed E-state index contributed by atoms with van der Waals surface area (Å²) in [5, 5.41) is 1.70. The quantitative estimate of drug-likeness (QED) is 0.616. The van der Waals surface area contributed by atoms with E-state index in [1.165, 1.54) is 0 Å². The van der Waals surface area contributed by atoms with Crippen molar-refractivity contribution in [1.29, 1.82) is 0 Å². The Kier molecular flexibility index (Phi) is 4.63. The van der Waals surface area contributed by atoms with Crippen LogP contribution in [-0.4, -0.2) is 34.9 Å². The molecule has 1 aliphatic carbocycles. The fraction of sp³-hybridized carbons (Fsp3) is 0.250. The highest BCUT2D eigenvalue weighted by atomic mass is 35.5. The fourth-order valence-corrected chi connectivity index (χ4v) is 4.78. The number of ketones is 1. The largest absolute Gasteiger partial charge is 0.450 e. The number of hydrogen-bond donors (Lipinski definition) is 1. The highest BCUT2D eigenvalue weighted by Crippen LogP contribution is 2.41. The van der Waals surface area contributed by atoms with E-state index in [4.69, 9.17) is 16.3 Å². The zero-order valence-electron chi connectivity index (χ0n) is 16.6. The minimum atomic E-state index is -0.514. The van der Waals surface area contributed by atoms with Gasteiger partial charge in [-0.2, -0.15) is 0 Å². The van der Waals surface area contributed by atoms with Crippen molar-refractivity contribution in [1.82, 2.24) is 9.88 Å². The van der Waals surface area contributed by atoms with Gasteiger partial charge in [-0.15, -0.1) is 0 Å². The maximum Gasteiger partial charge on any atom is 0.410 e. The van der Waals surface area contributed by atoms with Gasteiger partial charge in [-0.05, 0) is 49.1 Å². The Hall–Kier alpha value is -3.05. The van der Waals surface area contributed by atoms with Crippen LogP contribution >= 0.6 is 11.6 Å². The van der Waals surface area contributed by atoms with Crippen LogP contribution in [0.3, 0.4) is 0 Å². The number of fused-ring (bicyclic) bond motifs is 4. The molecule has 1 amide bonds. The molecule has 0 saturated carbocycles. The van der Waals surface area contributed by atoms with E-state index in [1.54, 1.807) is 11.8 Å². The van der Waals surface area contributed by atoms with E-state index in [-0.39, 0.29) is 12.4 Å². The molecule has 1 atom stereocenters. The number of Topliss-reactive ketones (excluding diaryl/α,β-unsaturated/α-hetero) is 1. The predicted molar refractivity (Wildman–Crippen MR) is 116 cm³/mol. The molecule has 3 aromatic rings. The van der Waals surface area contributed by atoms with Crippen molar-refractivity contribution in [2.24, 2.45) is 0 Å². The van der Waals surface area contributed by atoms with Crippen LogP contribution < -0.4 is 0 Å². The topological polar surface area (TPSA) is 62.4 Å². The van der Waals surface area contributed by atoms with Crippen LogP contribution in [0.25, 0.3) is 10.9 Å². The Bertz CT molecular complexity index is 1210. The molecule has 152 valence electrons. The van der Waals surface area contributed by atoms with Gasteiger partial charge in [0.05, 0.1) is 6.61 Å². The number of amides is 1. The molecule has 0 spiro atoms. The molecular formula is C24H21ClN2O3. The third-order valence-corrected chi connectivity index (χ3v) is 6.19. The first-order chi connectivity index (χ1) is 14.6. The number of carbonyl (C=O) groups is 2. The first-order valence-electron chi connectivity index (χ1n) is 10.1. The Morgan fingerprint density at radius 1 is 1.27 bits per heavy atom. The van der Waals surface area contributed by atoms with Crippen LogP contribution in [0.4, 0.5) is 4.79 Å². The first-order valence-corrected chi connectivity index (χ1v) is 10.5. The predicted octanol–water partition coefficient (Wildman–Crippen LogP) is 5.24. The van der Waals surface area contributed by atoms with E-state index >= 15 is 0 Å². The summed E-state index contributed by atoms with van der Waals surface area (Å²) in [5.41, 5.74) is 5.24. The number of nitrogens with zero attached hydrogens (tertiary/aromatic N) is 1. The van der Waals surface area contributed by atoms with Crippen LogP contribution in [0.1, 0.15) is 40.1 Å². The van der Waals surface area contributed by atoms with Gasteiger partial charge in [0.2, 0.25) is 0 Å². The number of H-pyrrole nitrogens is 1. The molecule has 2 heterocycles. The summed E-state index contributed by atoms with van der Waals surface area (Å²) in [7, 11) is 0. The van der Waals surface area contributed by atoms with Crippen molar-refractivity contribution in [3.63, 3.8) is 0 Å². The van der Waals surface area contributed by atoms with Crippen LogP contribution in [0.2, 0.25) is 5.02 Å². The SMILES string of the molecule is CCOC(=O)N1CCc2c([nH]c3ccc(Cl)cc23)C1C1=CCc2ccccc2C1=O. The zero-order chi connectivity index (χ0) is 20.8. The van der Waals surface area contributed by atoms with Gasteiger partial charge in [-0.25, -0.2) is 4.79 Å². The summed E-state index contributed by atoms with van der Waals surface area (Å²) >= 11 is 6.24. The zero-order valence-corrected chi connectivity index (χ0v) is 17.3. The second-order valence-corrected chi connectivity index (χ2v) is 8.04. The van der Waals surface area contributed by atoms with E-state index in [2.05, 4.69) is 4.98 Å². The van der Waals surface area contributed by atoms with Gasteiger partial charge in [0.15, 0.2) is 5.78 Å². The highest BCUT2D eigenvalue weighted by molar-refractivity contribution is 6.31. The van der Waals surface area contributed by atoms with Crippen LogP contribution in [0.5, 0.6) is 0 Å². The maximum absolute atomic E-state index is 13.4. The second kappa shape index (κ2) is 7.33. The third kappa shape index (κ3) is 2.92. The van der Waals surface area contributed by atoms with Gasteiger partial charge >= 0.3 is 6.09 Å². The molecule has 1 aliphatic heterocycles. The Morgan fingerprint density at radius 2 is 2.10 bits per heavy atom. The standard InChI is InChI=1S/C24H21ClN2O3/c1-2-30-24(29)27-12-11-17-19-13-15(25)8-10-20(19)26-21(17)22(27)18-9-7-14-5-3-4-6-16(14)23(18)28/h3-6,8-10,13,22,26H,2,7,11-12H2,1H3. The van der Waals surface area contributed by atoms with E-state index in [0.717, 1.165) is 27.7 Å². The fourth-order valence-electron chi connectivity index (χ4n) is 4.61. The summed E-state index contributed by atoms with van der Waals surface area (Å²) in [5.74, 6) is -0.0410. The molecule has 2 aromatic carbocycles. The summed E-state index contributed by atoms with van der Waals surface area (Å²) in [6.07, 6.45) is 2.88. The average Bonchev–Trinajstić information content (AvgIpc) is 3.12. The van der Waals surface area contributed by atoms with E-state index < -0.39 is 12.1 Å². The number of hydrogen-bond acceptors (Lipinski definition) is 3. The number of rotatable bonds is 2. The van der Waals surface area contributed by atoms with E-state index in [1.807, 2.05) is 48.5 Å². The van der Waals surface area contributed by atoms with Crippen LogP contribution in [-0.2, 0) is 17.6 Å². The van der Waals surface area contributed by atoms with Crippen molar-refractivity contribution < 1.29 is 14.3 Å². The highest BCUT2D eigenvalue weighted by Gasteiger charge is 2.40. The molecule has 0 radical (unpaired) electrons. The van der Waals surface area contributed by atoms with Crippen molar-refractivity contribution in [2.45, 2.75) is 25.8 Å². The number of aromatic nitrogens is 1. The molecule has 6 heteroatoms. The summed E-state index contributed by atoms with van der Waals surface area (Å²) in [4.78, 5) is 31.4. The van der Waals surface area contributed by atoms with Gasteiger partial charge in [-0.1, -0.05) is 41.9 Å². The Morgan fingerprint density at radius 3 is 2.93 bits per heavy atom. The van der Waals surface area contributed by atoms with Crippen LogP contribution in [0.15, 0.2) is 54.1 Å². The minimum Gasteiger partial charge on any atom is -0.450 e. The number of ether oxygens (including phenoxy) is 1. The molecule has 1 unspecified atom stereocenters. The summed E-state index contributed by atoms with van der Waals surface area (Å²) in [6.45, 7) is 2.55. The molecule has 0 bridgehead atoms. The molecule has 0 fully saturated rings. The number of allylic oxidation sites excluding steroid dienone is 1. The monoisotopic (exact) mass is 420 g/mol. The number of aromatic amines is 1. The molecule has 5 nitrogen and oxygen atoms in total. The Balaban J connectivity index is 1.67. The van der Waals surface area contributed by atoms with Gasteiger partial charge in [0, 0.05) is 39.3 Å². The van der Waals surface area contributed by atoms with Crippen LogP contribution in [0, 0.1) is 0 Å². The van der Waals surface area contributed by atoms with E-state index in [0.29, 0.717) is 35.5 Å². The lowest BCUT2D eigenvalue weighted by molar-refractivity contribution is 0.0870. The first kappa shape index (κ1) is 18.9. The number of halogens is 1. The Labute approximate surface area is 179 Å². The van der Waals surface area contributed by atoms with Crippen molar-refractivity contribution in [3.05, 3.63) is 81.5 Å².